The minimum atomic E-state index is -0.102. The number of aryl methyl sites for hydroxylation is 1. The quantitative estimate of drug-likeness (QED) is 0.729. The standard InChI is InChI=1S/C9H18N4/c1-9(2,10)4-5-11-8-6-12-13(3)7-8/h6-7,11H,4-5,10H2,1-3H3. The fraction of sp³-hybridized carbons (Fsp3) is 0.667. The van der Waals surface area contributed by atoms with E-state index in [4.69, 9.17) is 5.73 Å². The van der Waals surface area contributed by atoms with Gasteiger partial charge in [-0.05, 0) is 20.3 Å². The summed E-state index contributed by atoms with van der Waals surface area (Å²) in [7, 11) is 1.90. The Hall–Kier alpha value is -1.03. The second-order valence-electron chi connectivity index (χ2n) is 4.07. The van der Waals surface area contributed by atoms with E-state index in [1.807, 2.05) is 33.3 Å². The van der Waals surface area contributed by atoms with Gasteiger partial charge in [-0.1, -0.05) is 0 Å². The molecule has 0 saturated carbocycles. The van der Waals surface area contributed by atoms with Crippen LogP contribution < -0.4 is 11.1 Å². The molecule has 4 heteroatoms. The Morgan fingerprint density at radius 3 is 2.77 bits per heavy atom. The fourth-order valence-corrected chi connectivity index (χ4v) is 1.04. The Bertz CT molecular complexity index is 259. The average Bonchev–Trinajstić information content (AvgIpc) is 2.33. The third-order valence-corrected chi connectivity index (χ3v) is 1.80. The summed E-state index contributed by atoms with van der Waals surface area (Å²) >= 11 is 0. The molecule has 0 saturated heterocycles. The molecule has 1 rings (SSSR count). The van der Waals surface area contributed by atoms with Gasteiger partial charge in [0.2, 0.25) is 0 Å². The summed E-state index contributed by atoms with van der Waals surface area (Å²) in [4.78, 5) is 0. The minimum Gasteiger partial charge on any atom is -0.382 e. The molecule has 0 aliphatic carbocycles. The number of anilines is 1. The Morgan fingerprint density at radius 1 is 1.62 bits per heavy atom. The molecule has 0 atom stereocenters. The van der Waals surface area contributed by atoms with Crippen LogP contribution in [-0.2, 0) is 7.05 Å². The van der Waals surface area contributed by atoms with E-state index < -0.39 is 0 Å². The largest absolute Gasteiger partial charge is 0.382 e. The van der Waals surface area contributed by atoms with Crippen LogP contribution in [0.4, 0.5) is 5.69 Å². The first-order chi connectivity index (χ1) is 5.97. The number of nitrogens with two attached hydrogens (primary N) is 1. The molecule has 13 heavy (non-hydrogen) atoms. The second kappa shape index (κ2) is 3.79. The van der Waals surface area contributed by atoms with Crippen LogP contribution >= 0.6 is 0 Å². The van der Waals surface area contributed by atoms with Crippen molar-refractivity contribution < 1.29 is 0 Å². The topological polar surface area (TPSA) is 55.9 Å². The molecule has 0 aliphatic heterocycles. The highest BCUT2D eigenvalue weighted by Crippen LogP contribution is 2.06. The van der Waals surface area contributed by atoms with Gasteiger partial charge in [0.05, 0.1) is 11.9 Å². The van der Waals surface area contributed by atoms with Crippen molar-refractivity contribution in [3.05, 3.63) is 12.4 Å². The lowest BCUT2D eigenvalue weighted by Crippen LogP contribution is -2.34. The number of hydrogen-bond acceptors (Lipinski definition) is 3. The highest BCUT2D eigenvalue weighted by molar-refractivity contribution is 5.37. The predicted molar refractivity (Wildman–Crippen MR) is 54.6 cm³/mol. The van der Waals surface area contributed by atoms with Crippen LogP contribution in [0, 0.1) is 0 Å². The van der Waals surface area contributed by atoms with E-state index >= 15 is 0 Å². The van der Waals surface area contributed by atoms with Crippen molar-refractivity contribution in [1.29, 1.82) is 0 Å². The van der Waals surface area contributed by atoms with Gasteiger partial charge in [0.25, 0.3) is 0 Å². The molecule has 74 valence electrons. The summed E-state index contributed by atoms with van der Waals surface area (Å²) in [6, 6.07) is 0. The monoisotopic (exact) mass is 182 g/mol. The van der Waals surface area contributed by atoms with Gasteiger partial charge in [0, 0.05) is 25.3 Å². The normalized spacial score (nSPS) is 11.7. The maximum absolute atomic E-state index is 5.84. The molecule has 0 aliphatic rings. The van der Waals surface area contributed by atoms with Gasteiger partial charge >= 0.3 is 0 Å². The molecule has 0 amide bonds. The Labute approximate surface area is 79.1 Å². The molecular weight excluding hydrogens is 164 g/mol. The third-order valence-electron chi connectivity index (χ3n) is 1.80. The van der Waals surface area contributed by atoms with Crippen LogP contribution in [-0.4, -0.2) is 21.9 Å². The average molecular weight is 182 g/mol. The molecular formula is C9H18N4. The van der Waals surface area contributed by atoms with Crippen molar-refractivity contribution in [2.24, 2.45) is 12.8 Å². The first kappa shape index (κ1) is 10.1. The maximum Gasteiger partial charge on any atom is 0.0726 e. The number of nitrogens with one attached hydrogen (secondary N) is 1. The van der Waals surface area contributed by atoms with Crippen molar-refractivity contribution >= 4 is 5.69 Å². The first-order valence-corrected chi connectivity index (χ1v) is 4.49. The zero-order valence-corrected chi connectivity index (χ0v) is 8.54. The predicted octanol–water partition coefficient (Wildman–Crippen LogP) is 0.959. The summed E-state index contributed by atoms with van der Waals surface area (Å²) in [6.45, 7) is 4.94. The molecule has 1 aromatic heterocycles. The van der Waals surface area contributed by atoms with Gasteiger partial charge in [-0.3, -0.25) is 4.68 Å². The SMILES string of the molecule is Cn1cc(NCCC(C)(C)N)cn1. The molecule has 1 heterocycles. The lowest BCUT2D eigenvalue weighted by molar-refractivity contribution is 0.491. The molecule has 1 aromatic rings. The summed E-state index contributed by atoms with van der Waals surface area (Å²) in [5, 5.41) is 7.31. The van der Waals surface area contributed by atoms with Gasteiger partial charge in [-0.25, -0.2) is 0 Å². The van der Waals surface area contributed by atoms with Crippen molar-refractivity contribution in [2.75, 3.05) is 11.9 Å². The fourth-order valence-electron chi connectivity index (χ4n) is 1.04. The van der Waals surface area contributed by atoms with Crippen LogP contribution in [0.2, 0.25) is 0 Å². The number of aromatic nitrogens is 2. The molecule has 0 bridgehead atoms. The van der Waals surface area contributed by atoms with Gasteiger partial charge in [0.15, 0.2) is 0 Å². The second-order valence-corrected chi connectivity index (χ2v) is 4.07. The molecule has 3 N–H and O–H groups in total. The lowest BCUT2D eigenvalue weighted by atomic mass is 10.0. The van der Waals surface area contributed by atoms with E-state index in [1.165, 1.54) is 0 Å². The van der Waals surface area contributed by atoms with E-state index in [9.17, 15) is 0 Å². The van der Waals surface area contributed by atoms with Crippen molar-refractivity contribution in [1.82, 2.24) is 9.78 Å². The Morgan fingerprint density at radius 2 is 2.31 bits per heavy atom. The highest BCUT2D eigenvalue weighted by Gasteiger charge is 2.09. The molecule has 0 radical (unpaired) electrons. The Balaban J connectivity index is 2.28. The lowest BCUT2D eigenvalue weighted by Gasteiger charge is -2.18. The van der Waals surface area contributed by atoms with E-state index in [1.54, 1.807) is 4.68 Å². The van der Waals surface area contributed by atoms with Gasteiger partial charge in [-0.15, -0.1) is 0 Å². The molecule has 0 aromatic carbocycles. The van der Waals surface area contributed by atoms with Crippen LogP contribution in [0.3, 0.4) is 0 Å². The van der Waals surface area contributed by atoms with Crippen molar-refractivity contribution in [3.8, 4) is 0 Å². The molecule has 0 spiro atoms. The number of hydrogen-bond donors (Lipinski definition) is 2. The summed E-state index contributed by atoms with van der Waals surface area (Å²) in [6.07, 6.45) is 4.70. The minimum absolute atomic E-state index is 0.102. The zero-order valence-electron chi connectivity index (χ0n) is 8.54. The smallest absolute Gasteiger partial charge is 0.0726 e. The van der Waals surface area contributed by atoms with E-state index in [0.717, 1.165) is 18.7 Å². The molecule has 4 nitrogen and oxygen atoms in total. The molecule has 0 unspecified atom stereocenters. The van der Waals surface area contributed by atoms with Gasteiger partial charge < -0.3 is 11.1 Å². The highest BCUT2D eigenvalue weighted by atomic mass is 15.3. The van der Waals surface area contributed by atoms with Crippen LogP contribution in [0.15, 0.2) is 12.4 Å². The van der Waals surface area contributed by atoms with E-state index in [2.05, 4.69) is 10.4 Å². The van der Waals surface area contributed by atoms with Crippen LogP contribution in [0.5, 0.6) is 0 Å². The third kappa shape index (κ3) is 3.94. The molecule has 0 fully saturated rings. The van der Waals surface area contributed by atoms with Gasteiger partial charge in [-0.2, -0.15) is 5.10 Å². The first-order valence-electron chi connectivity index (χ1n) is 4.49. The van der Waals surface area contributed by atoms with Crippen molar-refractivity contribution in [2.45, 2.75) is 25.8 Å². The summed E-state index contributed by atoms with van der Waals surface area (Å²) in [5.74, 6) is 0. The van der Waals surface area contributed by atoms with Crippen molar-refractivity contribution in [3.63, 3.8) is 0 Å². The van der Waals surface area contributed by atoms with E-state index in [0.29, 0.717) is 0 Å². The summed E-state index contributed by atoms with van der Waals surface area (Å²) in [5.41, 5.74) is 6.79. The Kier molecular flexibility index (Phi) is 2.93. The zero-order chi connectivity index (χ0) is 9.90. The van der Waals surface area contributed by atoms with Gasteiger partial charge in [0.1, 0.15) is 0 Å². The maximum atomic E-state index is 5.84. The number of rotatable bonds is 4. The number of nitrogens with zero attached hydrogens (tertiary/aromatic N) is 2. The van der Waals surface area contributed by atoms with E-state index in [-0.39, 0.29) is 5.54 Å². The van der Waals surface area contributed by atoms with Crippen LogP contribution in [0.1, 0.15) is 20.3 Å². The van der Waals surface area contributed by atoms with Crippen LogP contribution in [0.25, 0.3) is 0 Å². The summed E-state index contributed by atoms with van der Waals surface area (Å²) < 4.78 is 1.77.